The van der Waals surface area contributed by atoms with Gasteiger partial charge in [-0.05, 0) is 31.0 Å². The minimum absolute atomic E-state index is 0.0331. The minimum Gasteiger partial charge on any atom is -0.481 e. The van der Waals surface area contributed by atoms with Crippen LogP contribution in [0.15, 0.2) is 24.5 Å². The van der Waals surface area contributed by atoms with E-state index in [2.05, 4.69) is 4.98 Å². The molecule has 1 N–H and O–H groups in total. The molecule has 15 heavy (non-hydrogen) atoms. The molecule has 1 aromatic heterocycles. The summed E-state index contributed by atoms with van der Waals surface area (Å²) in [5.41, 5.74) is 1.05. The van der Waals surface area contributed by atoms with Crippen LogP contribution in [0.4, 0.5) is 0 Å². The van der Waals surface area contributed by atoms with Crippen LogP contribution in [-0.2, 0) is 16.1 Å². The van der Waals surface area contributed by atoms with Crippen molar-refractivity contribution in [2.75, 3.05) is 0 Å². The first-order chi connectivity index (χ1) is 7.18. The normalized spacial score (nSPS) is 12.3. The van der Waals surface area contributed by atoms with Crippen LogP contribution in [0.1, 0.15) is 25.3 Å². The predicted molar refractivity (Wildman–Crippen MR) is 55.4 cm³/mol. The van der Waals surface area contributed by atoms with E-state index in [1.54, 1.807) is 12.4 Å². The average molecular weight is 209 g/mol. The first-order valence-electron chi connectivity index (χ1n) is 4.91. The third kappa shape index (κ3) is 5.12. The van der Waals surface area contributed by atoms with Crippen LogP contribution in [0, 0.1) is 0 Å². The van der Waals surface area contributed by atoms with Gasteiger partial charge in [0, 0.05) is 18.8 Å². The molecule has 0 aliphatic carbocycles. The Balaban J connectivity index is 2.22. The number of ether oxygens (including phenoxy) is 1. The van der Waals surface area contributed by atoms with E-state index in [0.29, 0.717) is 13.0 Å². The Bertz CT molecular complexity index is 300. The Labute approximate surface area is 88.9 Å². The maximum absolute atomic E-state index is 10.3. The summed E-state index contributed by atoms with van der Waals surface area (Å²) >= 11 is 0. The van der Waals surface area contributed by atoms with Crippen LogP contribution in [0.2, 0.25) is 0 Å². The zero-order valence-corrected chi connectivity index (χ0v) is 8.72. The maximum Gasteiger partial charge on any atom is 0.303 e. The quantitative estimate of drug-likeness (QED) is 0.776. The molecule has 1 unspecified atom stereocenters. The molecule has 0 aromatic carbocycles. The molecule has 4 nitrogen and oxygen atoms in total. The minimum atomic E-state index is -0.783. The Morgan fingerprint density at radius 2 is 2.20 bits per heavy atom. The number of carboxylic acid groups (broad SMARTS) is 1. The van der Waals surface area contributed by atoms with E-state index in [0.717, 1.165) is 5.56 Å². The van der Waals surface area contributed by atoms with E-state index in [4.69, 9.17) is 9.84 Å². The molecule has 0 aliphatic heterocycles. The summed E-state index contributed by atoms with van der Waals surface area (Å²) in [6.07, 6.45) is 4.08. The highest BCUT2D eigenvalue weighted by Crippen LogP contribution is 2.06. The molecule has 0 spiro atoms. The molecule has 0 radical (unpaired) electrons. The summed E-state index contributed by atoms with van der Waals surface area (Å²) in [6, 6.07) is 3.76. The van der Waals surface area contributed by atoms with Gasteiger partial charge in [0.15, 0.2) is 0 Å². The number of pyridine rings is 1. The SMILES string of the molecule is CC(CCC(=O)O)OCc1ccncc1. The van der Waals surface area contributed by atoms with E-state index in [-0.39, 0.29) is 12.5 Å². The van der Waals surface area contributed by atoms with Crippen LogP contribution in [0.5, 0.6) is 0 Å². The lowest BCUT2D eigenvalue weighted by Gasteiger charge is -2.11. The fourth-order valence-corrected chi connectivity index (χ4v) is 1.13. The molecule has 82 valence electrons. The van der Waals surface area contributed by atoms with Gasteiger partial charge in [-0.1, -0.05) is 0 Å². The molecule has 0 amide bonds. The van der Waals surface area contributed by atoms with Crippen molar-refractivity contribution in [2.24, 2.45) is 0 Å². The summed E-state index contributed by atoms with van der Waals surface area (Å²) < 4.78 is 5.49. The third-order valence-electron chi connectivity index (χ3n) is 2.05. The van der Waals surface area contributed by atoms with Crippen LogP contribution < -0.4 is 0 Å². The highest BCUT2D eigenvalue weighted by molar-refractivity contribution is 5.66. The fraction of sp³-hybridized carbons (Fsp3) is 0.455. The van der Waals surface area contributed by atoms with Gasteiger partial charge in [-0.2, -0.15) is 0 Å². The van der Waals surface area contributed by atoms with Gasteiger partial charge in [0.1, 0.15) is 0 Å². The number of rotatable bonds is 6. The van der Waals surface area contributed by atoms with Crippen molar-refractivity contribution >= 4 is 5.97 Å². The second kappa shape index (κ2) is 6.14. The van der Waals surface area contributed by atoms with Crippen molar-refractivity contribution in [3.05, 3.63) is 30.1 Å². The number of aromatic nitrogens is 1. The van der Waals surface area contributed by atoms with Gasteiger partial charge in [-0.25, -0.2) is 0 Å². The van der Waals surface area contributed by atoms with Gasteiger partial charge in [-0.15, -0.1) is 0 Å². The molecule has 0 saturated carbocycles. The van der Waals surface area contributed by atoms with Crippen LogP contribution in [-0.4, -0.2) is 22.2 Å². The van der Waals surface area contributed by atoms with Crippen molar-refractivity contribution < 1.29 is 14.6 Å². The first kappa shape index (κ1) is 11.7. The Hall–Kier alpha value is -1.42. The Morgan fingerprint density at radius 1 is 1.53 bits per heavy atom. The summed E-state index contributed by atoms with van der Waals surface area (Å²) in [5, 5.41) is 8.48. The number of hydrogen-bond acceptors (Lipinski definition) is 3. The van der Waals surface area contributed by atoms with Crippen molar-refractivity contribution in [1.82, 2.24) is 4.98 Å². The molecule has 4 heteroatoms. The number of carbonyl (C=O) groups is 1. The molecule has 0 saturated heterocycles. The maximum atomic E-state index is 10.3. The molecule has 0 fully saturated rings. The van der Waals surface area contributed by atoms with Crippen LogP contribution >= 0.6 is 0 Å². The smallest absolute Gasteiger partial charge is 0.303 e. The van der Waals surface area contributed by atoms with Crippen LogP contribution in [0.3, 0.4) is 0 Å². The standard InChI is InChI=1S/C11H15NO3/c1-9(2-3-11(13)14)15-8-10-4-6-12-7-5-10/h4-7,9H,2-3,8H2,1H3,(H,13,14). The summed E-state index contributed by atoms with van der Waals surface area (Å²) in [5.74, 6) is -0.783. The molecular weight excluding hydrogens is 194 g/mol. The van der Waals surface area contributed by atoms with Gasteiger partial charge >= 0.3 is 5.97 Å². The predicted octanol–water partition coefficient (Wildman–Crippen LogP) is 1.85. The highest BCUT2D eigenvalue weighted by atomic mass is 16.5. The first-order valence-corrected chi connectivity index (χ1v) is 4.91. The van der Waals surface area contributed by atoms with Gasteiger partial charge in [0.2, 0.25) is 0 Å². The Kier molecular flexibility index (Phi) is 4.77. The third-order valence-corrected chi connectivity index (χ3v) is 2.05. The highest BCUT2D eigenvalue weighted by Gasteiger charge is 2.05. The summed E-state index contributed by atoms with van der Waals surface area (Å²) in [4.78, 5) is 14.2. The van der Waals surface area contributed by atoms with Gasteiger partial charge < -0.3 is 9.84 Å². The molecule has 1 heterocycles. The van der Waals surface area contributed by atoms with E-state index in [9.17, 15) is 4.79 Å². The second-order valence-electron chi connectivity index (χ2n) is 3.41. The lowest BCUT2D eigenvalue weighted by molar-refractivity contribution is -0.137. The van der Waals surface area contributed by atoms with E-state index in [1.807, 2.05) is 19.1 Å². The second-order valence-corrected chi connectivity index (χ2v) is 3.41. The van der Waals surface area contributed by atoms with Crippen molar-refractivity contribution in [3.63, 3.8) is 0 Å². The summed E-state index contributed by atoms with van der Waals surface area (Å²) in [6.45, 7) is 2.38. The Morgan fingerprint density at radius 3 is 2.80 bits per heavy atom. The number of aliphatic carboxylic acids is 1. The topological polar surface area (TPSA) is 59.4 Å². The number of hydrogen-bond donors (Lipinski definition) is 1. The zero-order valence-electron chi connectivity index (χ0n) is 8.72. The van der Waals surface area contributed by atoms with Crippen molar-refractivity contribution in [3.8, 4) is 0 Å². The summed E-state index contributed by atoms with van der Waals surface area (Å²) in [7, 11) is 0. The van der Waals surface area contributed by atoms with Crippen molar-refractivity contribution in [1.29, 1.82) is 0 Å². The van der Waals surface area contributed by atoms with Gasteiger partial charge in [0.05, 0.1) is 12.7 Å². The zero-order chi connectivity index (χ0) is 11.1. The number of carboxylic acids is 1. The average Bonchev–Trinajstić information content (AvgIpc) is 2.25. The molecule has 1 atom stereocenters. The van der Waals surface area contributed by atoms with Gasteiger partial charge in [-0.3, -0.25) is 9.78 Å². The fourth-order valence-electron chi connectivity index (χ4n) is 1.13. The largest absolute Gasteiger partial charge is 0.481 e. The monoisotopic (exact) mass is 209 g/mol. The van der Waals surface area contributed by atoms with E-state index >= 15 is 0 Å². The molecule has 1 rings (SSSR count). The lowest BCUT2D eigenvalue weighted by atomic mass is 10.2. The van der Waals surface area contributed by atoms with Crippen molar-refractivity contribution in [2.45, 2.75) is 32.5 Å². The molecule has 0 aliphatic rings. The van der Waals surface area contributed by atoms with Crippen LogP contribution in [0.25, 0.3) is 0 Å². The molecule has 0 bridgehead atoms. The lowest BCUT2D eigenvalue weighted by Crippen LogP contribution is -2.10. The molecular formula is C11H15NO3. The number of nitrogens with zero attached hydrogens (tertiary/aromatic N) is 1. The van der Waals surface area contributed by atoms with Gasteiger partial charge in [0.25, 0.3) is 0 Å². The van der Waals surface area contributed by atoms with E-state index < -0.39 is 5.97 Å². The molecule has 1 aromatic rings. The van der Waals surface area contributed by atoms with E-state index in [1.165, 1.54) is 0 Å².